The van der Waals surface area contributed by atoms with Gasteiger partial charge in [-0.05, 0) is 56.5 Å². The van der Waals surface area contributed by atoms with Gasteiger partial charge < -0.3 is 26.2 Å². The number of aromatic hydroxyl groups is 1. The monoisotopic (exact) mass is 442 g/mol. The first-order chi connectivity index (χ1) is 15.0. The molecule has 1 aromatic carbocycles. The summed E-state index contributed by atoms with van der Waals surface area (Å²) in [6.45, 7) is 1.93. The predicted octanol–water partition coefficient (Wildman–Crippen LogP) is 0.683. The van der Waals surface area contributed by atoms with Crippen molar-refractivity contribution in [2.45, 2.75) is 37.8 Å². The van der Waals surface area contributed by atoms with E-state index >= 15 is 0 Å². The van der Waals surface area contributed by atoms with E-state index in [-0.39, 0.29) is 23.3 Å². The van der Waals surface area contributed by atoms with Crippen molar-refractivity contribution in [1.29, 1.82) is 0 Å². The molecule has 6 N–H and O–H groups in total. The van der Waals surface area contributed by atoms with Crippen molar-refractivity contribution in [3.05, 3.63) is 51.5 Å². The molecule has 32 heavy (non-hydrogen) atoms. The van der Waals surface area contributed by atoms with Gasteiger partial charge in [0, 0.05) is 11.5 Å². The summed E-state index contributed by atoms with van der Waals surface area (Å²) in [5, 5.41) is 43.8. The molecule has 0 saturated heterocycles. The van der Waals surface area contributed by atoms with Crippen LogP contribution in [0, 0.1) is 11.8 Å². The van der Waals surface area contributed by atoms with E-state index in [4.69, 9.17) is 5.73 Å². The van der Waals surface area contributed by atoms with Crippen molar-refractivity contribution >= 4 is 17.5 Å². The zero-order valence-corrected chi connectivity index (χ0v) is 18.0. The standard InChI is InChI=1S/C23H26N2O7/c1-4-9-5-6-13(26)15-11(9)7-10-8-12-17(25(2)3)19(28)16(22(24)31)21(30)23(12,32)20(29)14(10)18(15)27/h5-6,10,12,17,26,28-29,32H,4,7-8H2,1-3H3,(H2,24,31)/t10-,12-,17?,23-/m0/s1. The summed E-state index contributed by atoms with van der Waals surface area (Å²) >= 11 is 0. The van der Waals surface area contributed by atoms with Gasteiger partial charge in [-0.1, -0.05) is 13.0 Å². The van der Waals surface area contributed by atoms with Crippen molar-refractivity contribution in [3.63, 3.8) is 0 Å². The Balaban J connectivity index is 1.98. The van der Waals surface area contributed by atoms with Crippen LogP contribution < -0.4 is 5.73 Å². The average Bonchev–Trinajstić information content (AvgIpc) is 2.70. The third-order valence-corrected chi connectivity index (χ3v) is 7.08. The number of likely N-dealkylation sites (N-methyl/N-ethyl adjacent to an activating group) is 1. The van der Waals surface area contributed by atoms with Crippen LogP contribution in [0.3, 0.4) is 0 Å². The van der Waals surface area contributed by atoms with E-state index < -0.39 is 58.0 Å². The fourth-order valence-corrected chi connectivity index (χ4v) is 5.65. The van der Waals surface area contributed by atoms with E-state index in [2.05, 4.69) is 0 Å². The lowest BCUT2D eigenvalue weighted by Gasteiger charge is -2.50. The molecule has 0 heterocycles. The number of carbonyl (C=O) groups is 3. The molecule has 3 aliphatic carbocycles. The van der Waals surface area contributed by atoms with Gasteiger partial charge >= 0.3 is 0 Å². The van der Waals surface area contributed by atoms with Crippen LogP contribution in [0.15, 0.2) is 34.8 Å². The number of nitrogens with two attached hydrogens (primary N) is 1. The Morgan fingerprint density at radius 3 is 2.44 bits per heavy atom. The molecule has 1 unspecified atom stereocenters. The van der Waals surface area contributed by atoms with Crippen molar-refractivity contribution in [2.75, 3.05) is 14.1 Å². The smallest absolute Gasteiger partial charge is 0.255 e. The van der Waals surface area contributed by atoms with Gasteiger partial charge in [-0.3, -0.25) is 19.3 Å². The van der Waals surface area contributed by atoms with E-state index in [9.17, 15) is 34.8 Å². The fraction of sp³-hybridized carbons (Fsp3) is 0.435. The van der Waals surface area contributed by atoms with Gasteiger partial charge in [0.15, 0.2) is 11.4 Å². The molecule has 4 rings (SSSR count). The summed E-state index contributed by atoms with van der Waals surface area (Å²) in [4.78, 5) is 40.0. The first kappa shape index (κ1) is 22.0. The molecule has 0 spiro atoms. The lowest BCUT2D eigenvalue weighted by molar-refractivity contribution is -0.148. The first-order valence-corrected chi connectivity index (χ1v) is 10.4. The second-order valence-electron chi connectivity index (χ2n) is 8.91. The number of phenolic OH excluding ortho intramolecular Hbond substituents is 1. The molecule has 9 heteroatoms. The van der Waals surface area contributed by atoms with Crippen LogP contribution in [0.5, 0.6) is 5.75 Å². The largest absolute Gasteiger partial charge is 0.510 e. The number of allylic oxidation sites excluding steroid dienone is 1. The zero-order valence-electron chi connectivity index (χ0n) is 18.0. The predicted molar refractivity (Wildman–Crippen MR) is 113 cm³/mol. The number of aliphatic hydroxyl groups excluding tert-OH is 2. The van der Waals surface area contributed by atoms with Crippen LogP contribution in [-0.4, -0.2) is 68.5 Å². The van der Waals surface area contributed by atoms with Gasteiger partial charge in [0.1, 0.15) is 22.8 Å². The number of benzene rings is 1. The third kappa shape index (κ3) is 2.67. The Morgan fingerprint density at radius 2 is 1.88 bits per heavy atom. The van der Waals surface area contributed by atoms with E-state index in [1.807, 2.05) is 6.92 Å². The normalized spacial score (nSPS) is 29.7. The lowest BCUT2D eigenvalue weighted by Crippen LogP contribution is -2.63. The topological polar surface area (TPSA) is 161 Å². The summed E-state index contributed by atoms with van der Waals surface area (Å²) in [7, 11) is 3.20. The minimum atomic E-state index is -2.61. The highest BCUT2D eigenvalue weighted by Crippen LogP contribution is 2.52. The Labute approximate surface area is 184 Å². The number of hydrogen-bond donors (Lipinski definition) is 5. The number of primary amides is 1. The van der Waals surface area contributed by atoms with Gasteiger partial charge in [0.05, 0.1) is 11.6 Å². The molecule has 0 aliphatic heterocycles. The molecular weight excluding hydrogens is 416 g/mol. The maximum Gasteiger partial charge on any atom is 0.255 e. The first-order valence-electron chi connectivity index (χ1n) is 10.4. The maximum atomic E-state index is 13.4. The summed E-state index contributed by atoms with van der Waals surface area (Å²) in [5.41, 5.74) is 3.34. The molecule has 1 aromatic rings. The molecule has 0 fully saturated rings. The maximum absolute atomic E-state index is 13.4. The molecular formula is C23H26N2O7. The highest BCUT2D eigenvalue weighted by molar-refractivity contribution is 6.24. The summed E-state index contributed by atoms with van der Waals surface area (Å²) in [5.74, 6) is -6.37. The van der Waals surface area contributed by atoms with Crippen molar-refractivity contribution in [3.8, 4) is 5.75 Å². The van der Waals surface area contributed by atoms with Crippen molar-refractivity contribution < 1.29 is 34.8 Å². The molecule has 0 saturated carbocycles. The van der Waals surface area contributed by atoms with E-state index in [1.165, 1.54) is 11.0 Å². The van der Waals surface area contributed by atoms with Crippen LogP contribution in [0.25, 0.3) is 0 Å². The van der Waals surface area contributed by atoms with E-state index in [0.29, 0.717) is 18.4 Å². The number of aryl methyl sites for hydroxylation is 1. The SMILES string of the molecule is CCc1ccc(O)c2c1C[C@H]1C[C@H]3C(N(C)C)C(O)=C(C(N)=O)C(=O)[C@@]3(O)C(O)=C1C2=O. The van der Waals surface area contributed by atoms with Crippen molar-refractivity contribution in [2.24, 2.45) is 17.6 Å². The second-order valence-corrected chi connectivity index (χ2v) is 8.91. The summed E-state index contributed by atoms with van der Waals surface area (Å²) < 4.78 is 0. The average molecular weight is 442 g/mol. The fourth-order valence-electron chi connectivity index (χ4n) is 5.65. The Morgan fingerprint density at radius 1 is 1.22 bits per heavy atom. The Hall–Kier alpha value is -3.17. The second kappa shape index (κ2) is 7.18. The number of fused-ring (bicyclic) bond motifs is 3. The highest BCUT2D eigenvalue weighted by atomic mass is 16.3. The molecule has 0 radical (unpaired) electrons. The van der Waals surface area contributed by atoms with Gasteiger partial charge in [-0.15, -0.1) is 0 Å². The molecule has 1 amide bonds. The Kier molecular flexibility index (Phi) is 4.94. The highest BCUT2D eigenvalue weighted by Gasteiger charge is 2.63. The number of ketones is 2. The lowest BCUT2D eigenvalue weighted by atomic mass is 9.58. The molecule has 170 valence electrons. The van der Waals surface area contributed by atoms with Crippen LogP contribution in [0.4, 0.5) is 0 Å². The molecule has 3 aliphatic rings. The minimum absolute atomic E-state index is 0.0464. The number of aliphatic hydroxyl groups is 3. The molecule has 9 nitrogen and oxygen atoms in total. The minimum Gasteiger partial charge on any atom is -0.510 e. The van der Waals surface area contributed by atoms with E-state index in [1.54, 1.807) is 20.2 Å². The molecule has 0 bridgehead atoms. The molecule has 4 atom stereocenters. The number of carbonyl (C=O) groups excluding carboxylic acids is 3. The number of hydrogen-bond acceptors (Lipinski definition) is 8. The van der Waals surface area contributed by atoms with Gasteiger partial charge in [0.2, 0.25) is 5.78 Å². The number of amides is 1. The van der Waals surface area contributed by atoms with Crippen LogP contribution >= 0.6 is 0 Å². The van der Waals surface area contributed by atoms with Crippen LogP contribution in [0.1, 0.15) is 34.8 Å². The Bertz CT molecular complexity index is 1130. The number of nitrogens with zero attached hydrogens (tertiary/aromatic N) is 1. The number of rotatable bonds is 3. The van der Waals surface area contributed by atoms with Crippen molar-refractivity contribution in [1.82, 2.24) is 4.90 Å². The van der Waals surface area contributed by atoms with Gasteiger partial charge in [-0.25, -0.2) is 0 Å². The van der Waals surface area contributed by atoms with Crippen LogP contribution in [-0.2, 0) is 22.4 Å². The number of phenols is 1. The molecule has 0 aromatic heterocycles. The summed E-state index contributed by atoms with van der Waals surface area (Å²) in [6.07, 6.45) is 1.03. The quantitative estimate of drug-likeness (QED) is 0.427. The zero-order chi connectivity index (χ0) is 23.7. The summed E-state index contributed by atoms with van der Waals surface area (Å²) in [6, 6.07) is 2.17. The number of Topliss-reactive ketones (excluding diaryl/α,β-unsaturated/α-hetero) is 2. The van der Waals surface area contributed by atoms with E-state index in [0.717, 1.165) is 5.56 Å². The third-order valence-electron chi connectivity index (χ3n) is 7.08. The van der Waals surface area contributed by atoms with Crippen LogP contribution in [0.2, 0.25) is 0 Å². The van der Waals surface area contributed by atoms with Gasteiger partial charge in [0.25, 0.3) is 5.91 Å². The van der Waals surface area contributed by atoms with Gasteiger partial charge in [-0.2, -0.15) is 0 Å².